The largest absolute Gasteiger partial charge is 0.491 e. The maximum absolute atomic E-state index is 12.2. The third kappa shape index (κ3) is 6.92. The van der Waals surface area contributed by atoms with Crippen LogP contribution in [-0.4, -0.2) is 38.7 Å². The van der Waals surface area contributed by atoms with Crippen LogP contribution in [0.25, 0.3) is 0 Å². The number of carbonyl (C=O) groups is 2. The van der Waals surface area contributed by atoms with E-state index >= 15 is 0 Å². The first-order valence-corrected chi connectivity index (χ1v) is 9.18. The minimum atomic E-state index is -0.173. The number of aryl methyl sites for hydroxylation is 1. The Morgan fingerprint density at radius 1 is 0.929 bits per heavy atom. The lowest BCUT2D eigenvalue weighted by molar-refractivity contribution is -0.116. The summed E-state index contributed by atoms with van der Waals surface area (Å²) in [6.07, 6.45) is 0.412. The number of hydrogen-bond acceptors (Lipinski definition) is 5. The summed E-state index contributed by atoms with van der Waals surface area (Å²) in [5, 5.41) is 8.74. The Kier molecular flexibility index (Phi) is 8.30. The lowest BCUT2D eigenvalue weighted by atomic mass is 10.1. The topological polar surface area (TPSA) is 88.7 Å². The van der Waals surface area contributed by atoms with Gasteiger partial charge in [-0.1, -0.05) is 13.0 Å². The van der Waals surface area contributed by atoms with Gasteiger partial charge in [-0.2, -0.15) is 0 Å². The molecule has 0 aliphatic heterocycles. The molecule has 0 saturated heterocycles. The number of ether oxygens (including phenoxy) is 2. The molecule has 0 unspecified atom stereocenters. The highest BCUT2D eigenvalue weighted by atomic mass is 16.5. The van der Waals surface area contributed by atoms with Crippen LogP contribution in [0.15, 0.2) is 42.5 Å². The van der Waals surface area contributed by atoms with Crippen LogP contribution < -0.4 is 20.7 Å². The molecule has 0 atom stereocenters. The van der Waals surface area contributed by atoms with Crippen LogP contribution in [0.4, 0.5) is 17.1 Å². The normalized spacial score (nSPS) is 10.2. The Hall–Kier alpha value is -3.06. The standard InChI is InChI=1S/C21H27N3O4/c1-4-20(25)24-19-13-17(6-5-15(19)2)22-14-21(26)23-16-7-9-18(10-8-16)28-12-11-27-3/h5-10,13,22H,4,11-12,14H2,1-3H3,(H,23,26)(H,24,25). The molecule has 2 aromatic rings. The Balaban J connectivity index is 1.85. The molecule has 0 heterocycles. The molecule has 0 spiro atoms. The Bertz CT molecular complexity index is 791. The average molecular weight is 385 g/mol. The minimum Gasteiger partial charge on any atom is -0.491 e. The molecule has 2 amide bonds. The third-order valence-electron chi connectivity index (χ3n) is 3.98. The Morgan fingerprint density at radius 2 is 1.64 bits per heavy atom. The number of rotatable bonds is 10. The molecule has 2 rings (SSSR count). The summed E-state index contributed by atoms with van der Waals surface area (Å²) < 4.78 is 10.4. The lowest BCUT2D eigenvalue weighted by Crippen LogP contribution is -2.21. The fraction of sp³-hybridized carbons (Fsp3) is 0.333. The number of nitrogens with one attached hydrogen (secondary N) is 3. The molecule has 0 aliphatic carbocycles. The second kappa shape index (κ2) is 10.9. The van der Waals surface area contributed by atoms with Gasteiger partial charge < -0.3 is 25.4 Å². The van der Waals surface area contributed by atoms with Crippen LogP contribution in [0.5, 0.6) is 5.75 Å². The van der Waals surface area contributed by atoms with Crippen LogP contribution in [0, 0.1) is 6.92 Å². The van der Waals surface area contributed by atoms with Gasteiger partial charge in [0.05, 0.1) is 13.2 Å². The van der Waals surface area contributed by atoms with Crippen molar-refractivity contribution >= 4 is 28.9 Å². The van der Waals surface area contributed by atoms with Crippen molar-refractivity contribution in [3.8, 4) is 5.75 Å². The number of anilines is 3. The molecule has 7 nitrogen and oxygen atoms in total. The summed E-state index contributed by atoms with van der Waals surface area (Å²) in [6.45, 7) is 4.83. The van der Waals surface area contributed by atoms with Gasteiger partial charge in [0.25, 0.3) is 0 Å². The number of benzene rings is 2. The predicted octanol–water partition coefficient (Wildman–Crippen LogP) is 3.42. The van der Waals surface area contributed by atoms with Gasteiger partial charge in [0.2, 0.25) is 11.8 Å². The van der Waals surface area contributed by atoms with Gasteiger partial charge in [-0.3, -0.25) is 9.59 Å². The molecular weight excluding hydrogens is 358 g/mol. The fourth-order valence-corrected chi connectivity index (χ4v) is 2.37. The van der Waals surface area contributed by atoms with E-state index in [4.69, 9.17) is 9.47 Å². The number of carbonyl (C=O) groups excluding carboxylic acids is 2. The van der Waals surface area contributed by atoms with Crippen molar-refractivity contribution in [2.45, 2.75) is 20.3 Å². The summed E-state index contributed by atoms with van der Waals surface area (Å²) in [5.41, 5.74) is 3.14. The van der Waals surface area contributed by atoms with E-state index in [2.05, 4.69) is 16.0 Å². The molecule has 0 saturated carbocycles. The van der Waals surface area contributed by atoms with Crippen molar-refractivity contribution in [3.63, 3.8) is 0 Å². The van der Waals surface area contributed by atoms with E-state index in [0.717, 1.165) is 22.7 Å². The summed E-state index contributed by atoms with van der Waals surface area (Å²) >= 11 is 0. The van der Waals surface area contributed by atoms with Crippen molar-refractivity contribution in [3.05, 3.63) is 48.0 Å². The average Bonchev–Trinajstić information content (AvgIpc) is 2.70. The van der Waals surface area contributed by atoms with Crippen LogP contribution in [0.1, 0.15) is 18.9 Å². The summed E-state index contributed by atoms with van der Waals surface area (Å²) in [7, 11) is 1.62. The highest BCUT2D eigenvalue weighted by molar-refractivity contribution is 5.94. The summed E-state index contributed by atoms with van der Waals surface area (Å²) in [5.74, 6) is 0.495. The van der Waals surface area contributed by atoms with Gasteiger partial charge in [0, 0.05) is 30.6 Å². The van der Waals surface area contributed by atoms with Gasteiger partial charge in [-0.05, 0) is 48.9 Å². The quantitative estimate of drug-likeness (QED) is 0.546. The summed E-state index contributed by atoms with van der Waals surface area (Å²) in [6, 6.07) is 12.7. The highest BCUT2D eigenvalue weighted by Crippen LogP contribution is 2.20. The first kappa shape index (κ1) is 21.2. The molecule has 0 aliphatic rings. The second-order valence-corrected chi connectivity index (χ2v) is 6.20. The second-order valence-electron chi connectivity index (χ2n) is 6.20. The van der Waals surface area contributed by atoms with Crippen LogP contribution in [0.2, 0.25) is 0 Å². The van der Waals surface area contributed by atoms with Crippen LogP contribution >= 0.6 is 0 Å². The van der Waals surface area contributed by atoms with Crippen molar-refractivity contribution in [1.29, 1.82) is 0 Å². The Labute approximate surface area is 165 Å². The maximum atomic E-state index is 12.2. The molecule has 0 radical (unpaired) electrons. The zero-order valence-electron chi connectivity index (χ0n) is 16.5. The first-order chi connectivity index (χ1) is 13.5. The molecule has 0 fully saturated rings. The van der Waals surface area contributed by atoms with E-state index in [1.807, 2.05) is 25.1 Å². The maximum Gasteiger partial charge on any atom is 0.243 e. The third-order valence-corrected chi connectivity index (χ3v) is 3.98. The Morgan fingerprint density at radius 3 is 2.32 bits per heavy atom. The molecule has 2 aromatic carbocycles. The molecule has 0 aromatic heterocycles. The van der Waals surface area contributed by atoms with E-state index in [1.54, 1.807) is 38.3 Å². The van der Waals surface area contributed by atoms with Gasteiger partial charge >= 0.3 is 0 Å². The molecule has 28 heavy (non-hydrogen) atoms. The molecule has 0 bridgehead atoms. The molecule has 7 heteroatoms. The van der Waals surface area contributed by atoms with Gasteiger partial charge in [-0.25, -0.2) is 0 Å². The van der Waals surface area contributed by atoms with Gasteiger partial charge in [-0.15, -0.1) is 0 Å². The monoisotopic (exact) mass is 385 g/mol. The SMILES string of the molecule is CCC(=O)Nc1cc(NCC(=O)Nc2ccc(OCCOC)cc2)ccc1C. The smallest absolute Gasteiger partial charge is 0.243 e. The van der Waals surface area contributed by atoms with Crippen molar-refractivity contribution in [2.24, 2.45) is 0 Å². The van der Waals surface area contributed by atoms with Crippen molar-refractivity contribution in [1.82, 2.24) is 0 Å². The molecule has 150 valence electrons. The highest BCUT2D eigenvalue weighted by Gasteiger charge is 2.06. The van der Waals surface area contributed by atoms with E-state index in [0.29, 0.717) is 25.3 Å². The molecule has 3 N–H and O–H groups in total. The van der Waals surface area contributed by atoms with Gasteiger partial charge in [0.15, 0.2) is 0 Å². The lowest BCUT2D eigenvalue weighted by Gasteiger charge is -2.12. The first-order valence-electron chi connectivity index (χ1n) is 9.18. The number of hydrogen-bond donors (Lipinski definition) is 3. The minimum absolute atomic E-state index is 0.0485. The number of methoxy groups -OCH3 is 1. The summed E-state index contributed by atoms with van der Waals surface area (Å²) in [4.78, 5) is 23.8. The van der Waals surface area contributed by atoms with E-state index in [1.165, 1.54) is 0 Å². The number of amides is 2. The zero-order chi connectivity index (χ0) is 20.4. The van der Waals surface area contributed by atoms with Crippen LogP contribution in [-0.2, 0) is 14.3 Å². The zero-order valence-corrected chi connectivity index (χ0v) is 16.5. The predicted molar refractivity (Wildman–Crippen MR) is 111 cm³/mol. The fourth-order valence-electron chi connectivity index (χ4n) is 2.37. The van der Waals surface area contributed by atoms with E-state index < -0.39 is 0 Å². The van der Waals surface area contributed by atoms with E-state index in [9.17, 15) is 9.59 Å². The van der Waals surface area contributed by atoms with E-state index in [-0.39, 0.29) is 18.4 Å². The molecular formula is C21H27N3O4. The van der Waals surface area contributed by atoms with Crippen LogP contribution in [0.3, 0.4) is 0 Å². The van der Waals surface area contributed by atoms with Crippen molar-refractivity contribution < 1.29 is 19.1 Å². The van der Waals surface area contributed by atoms with Crippen molar-refractivity contribution in [2.75, 3.05) is 42.8 Å². The van der Waals surface area contributed by atoms with Gasteiger partial charge in [0.1, 0.15) is 12.4 Å².